The van der Waals surface area contributed by atoms with Crippen molar-refractivity contribution in [1.29, 1.82) is 0 Å². The third-order valence-electron chi connectivity index (χ3n) is 3.96. The lowest BCUT2D eigenvalue weighted by atomic mass is 10.0. The Labute approximate surface area is 142 Å². The molecule has 1 aliphatic heterocycles. The average Bonchev–Trinajstić information content (AvgIpc) is 2.61. The number of fused-ring (bicyclic) bond motifs is 1. The number of carbonyl (C=O) groups excluding carboxylic acids is 1. The molecule has 1 atom stereocenters. The van der Waals surface area contributed by atoms with Gasteiger partial charge in [0.1, 0.15) is 5.75 Å². The molecule has 0 saturated carbocycles. The number of carbonyl (C=O) groups is 1. The molecule has 5 heteroatoms. The highest BCUT2D eigenvalue weighted by molar-refractivity contribution is 6.00. The normalized spacial score (nSPS) is 16.7. The summed E-state index contributed by atoms with van der Waals surface area (Å²) in [5.74, 6) is 0.642. The van der Waals surface area contributed by atoms with E-state index >= 15 is 0 Å². The molecule has 0 bridgehead atoms. The number of benzene rings is 2. The minimum absolute atomic E-state index is 0.0735. The van der Waals surface area contributed by atoms with Gasteiger partial charge in [-0.05, 0) is 24.6 Å². The molecule has 0 fully saturated rings. The standard InChI is InChI=1S/C19H22N2O3/c1-14-7-8-17-16(13-14)21(10-12-23-11-9-20)19(22)18(24-17)15-5-3-2-4-6-15/h2-8,13,18H,9-12,20H2,1H3. The maximum absolute atomic E-state index is 13.0. The van der Waals surface area contributed by atoms with Crippen LogP contribution in [-0.2, 0) is 9.53 Å². The highest BCUT2D eigenvalue weighted by atomic mass is 16.5. The predicted molar refractivity (Wildman–Crippen MR) is 93.2 cm³/mol. The lowest BCUT2D eigenvalue weighted by Gasteiger charge is -2.34. The monoisotopic (exact) mass is 326 g/mol. The van der Waals surface area contributed by atoms with Crippen LogP contribution in [0.25, 0.3) is 0 Å². The Morgan fingerprint density at radius 1 is 1.17 bits per heavy atom. The van der Waals surface area contributed by atoms with Crippen molar-refractivity contribution >= 4 is 11.6 Å². The fourth-order valence-corrected chi connectivity index (χ4v) is 2.79. The van der Waals surface area contributed by atoms with Crippen molar-refractivity contribution in [2.75, 3.05) is 31.2 Å². The molecule has 1 amide bonds. The summed E-state index contributed by atoms with van der Waals surface area (Å²) in [6.45, 7) is 3.87. The van der Waals surface area contributed by atoms with Crippen molar-refractivity contribution in [3.63, 3.8) is 0 Å². The molecule has 0 aromatic heterocycles. The SMILES string of the molecule is Cc1ccc2c(c1)N(CCOCCN)C(=O)C(c1ccccc1)O2. The lowest BCUT2D eigenvalue weighted by Crippen LogP contribution is -2.43. The lowest BCUT2D eigenvalue weighted by molar-refractivity contribution is -0.126. The number of hydrogen-bond donors (Lipinski definition) is 1. The number of hydrogen-bond acceptors (Lipinski definition) is 4. The van der Waals surface area contributed by atoms with E-state index in [0.717, 1.165) is 16.8 Å². The maximum atomic E-state index is 13.0. The van der Waals surface area contributed by atoms with E-state index in [1.165, 1.54) is 0 Å². The number of ether oxygens (including phenoxy) is 2. The summed E-state index contributed by atoms with van der Waals surface area (Å²) in [5.41, 5.74) is 8.17. The average molecular weight is 326 g/mol. The summed E-state index contributed by atoms with van der Waals surface area (Å²) in [6.07, 6.45) is -0.629. The molecule has 3 rings (SSSR count). The van der Waals surface area contributed by atoms with E-state index in [2.05, 4.69) is 0 Å². The predicted octanol–water partition coefficient (Wildman–Crippen LogP) is 2.44. The molecule has 2 aromatic rings. The van der Waals surface area contributed by atoms with Gasteiger partial charge in [-0.3, -0.25) is 4.79 Å². The second kappa shape index (κ2) is 7.47. The van der Waals surface area contributed by atoms with Crippen LogP contribution in [0.1, 0.15) is 17.2 Å². The van der Waals surface area contributed by atoms with Crippen LogP contribution < -0.4 is 15.4 Å². The van der Waals surface area contributed by atoms with E-state index in [4.69, 9.17) is 15.2 Å². The van der Waals surface area contributed by atoms with Gasteiger partial charge in [0, 0.05) is 18.7 Å². The van der Waals surface area contributed by atoms with Gasteiger partial charge in [0.2, 0.25) is 6.10 Å². The van der Waals surface area contributed by atoms with Crippen molar-refractivity contribution in [2.45, 2.75) is 13.0 Å². The van der Waals surface area contributed by atoms with Gasteiger partial charge in [0.25, 0.3) is 5.91 Å². The van der Waals surface area contributed by atoms with Crippen molar-refractivity contribution in [3.8, 4) is 5.75 Å². The van der Waals surface area contributed by atoms with E-state index in [1.807, 2.05) is 55.5 Å². The number of nitrogens with zero attached hydrogens (tertiary/aromatic N) is 1. The molecule has 1 aliphatic rings. The van der Waals surface area contributed by atoms with Crippen LogP contribution in [0.15, 0.2) is 48.5 Å². The van der Waals surface area contributed by atoms with Crippen LogP contribution in [0.4, 0.5) is 5.69 Å². The van der Waals surface area contributed by atoms with Gasteiger partial charge in [0.05, 0.1) is 18.9 Å². The molecular weight excluding hydrogens is 304 g/mol. The van der Waals surface area contributed by atoms with Crippen LogP contribution in [0.2, 0.25) is 0 Å². The maximum Gasteiger partial charge on any atom is 0.272 e. The highest BCUT2D eigenvalue weighted by Gasteiger charge is 2.35. The molecule has 1 unspecified atom stereocenters. The number of anilines is 1. The first-order valence-corrected chi connectivity index (χ1v) is 8.12. The second-order valence-electron chi connectivity index (χ2n) is 5.77. The van der Waals surface area contributed by atoms with E-state index in [9.17, 15) is 4.79 Å². The Morgan fingerprint density at radius 3 is 2.71 bits per heavy atom. The largest absolute Gasteiger partial charge is 0.474 e. The smallest absolute Gasteiger partial charge is 0.272 e. The topological polar surface area (TPSA) is 64.8 Å². The van der Waals surface area contributed by atoms with Gasteiger partial charge in [-0.1, -0.05) is 36.4 Å². The minimum atomic E-state index is -0.629. The molecule has 0 saturated heterocycles. The minimum Gasteiger partial charge on any atom is -0.474 e. The summed E-state index contributed by atoms with van der Waals surface area (Å²) in [5, 5.41) is 0. The molecule has 0 aliphatic carbocycles. The molecule has 2 aromatic carbocycles. The Hall–Kier alpha value is -2.37. The van der Waals surface area contributed by atoms with Gasteiger partial charge < -0.3 is 20.1 Å². The summed E-state index contributed by atoms with van der Waals surface area (Å²) < 4.78 is 11.5. The van der Waals surface area contributed by atoms with E-state index in [1.54, 1.807) is 4.90 Å². The van der Waals surface area contributed by atoms with Crippen LogP contribution in [0.5, 0.6) is 5.75 Å². The first-order chi connectivity index (χ1) is 11.7. The van der Waals surface area contributed by atoms with Gasteiger partial charge in [-0.2, -0.15) is 0 Å². The zero-order valence-electron chi connectivity index (χ0n) is 13.8. The molecular formula is C19H22N2O3. The van der Waals surface area contributed by atoms with E-state index in [-0.39, 0.29) is 5.91 Å². The molecule has 0 spiro atoms. The molecule has 0 radical (unpaired) electrons. The first-order valence-electron chi connectivity index (χ1n) is 8.12. The van der Waals surface area contributed by atoms with Crippen molar-refractivity contribution < 1.29 is 14.3 Å². The summed E-state index contributed by atoms with van der Waals surface area (Å²) in [7, 11) is 0. The molecule has 5 nitrogen and oxygen atoms in total. The molecule has 1 heterocycles. The van der Waals surface area contributed by atoms with Crippen LogP contribution in [0, 0.1) is 6.92 Å². The van der Waals surface area contributed by atoms with Gasteiger partial charge in [-0.15, -0.1) is 0 Å². The van der Waals surface area contributed by atoms with Crippen LogP contribution in [-0.4, -0.2) is 32.2 Å². The molecule has 126 valence electrons. The highest BCUT2D eigenvalue weighted by Crippen LogP contribution is 2.39. The zero-order chi connectivity index (χ0) is 16.9. The van der Waals surface area contributed by atoms with Crippen molar-refractivity contribution in [2.24, 2.45) is 5.73 Å². The van der Waals surface area contributed by atoms with Gasteiger partial charge in [-0.25, -0.2) is 0 Å². The summed E-state index contributed by atoms with van der Waals surface area (Å²) >= 11 is 0. The van der Waals surface area contributed by atoms with Crippen molar-refractivity contribution in [3.05, 3.63) is 59.7 Å². The second-order valence-corrected chi connectivity index (χ2v) is 5.77. The quantitative estimate of drug-likeness (QED) is 0.828. The van der Waals surface area contributed by atoms with E-state index < -0.39 is 6.10 Å². The number of amides is 1. The fourth-order valence-electron chi connectivity index (χ4n) is 2.79. The first kappa shape index (κ1) is 16.5. The summed E-state index contributed by atoms with van der Waals surface area (Å²) in [6, 6.07) is 15.4. The molecule has 2 N–H and O–H groups in total. The number of rotatable bonds is 6. The van der Waals surface area contributed by atoms with Crippen LogP contribution in [0.3, 0.4) is 0 Å². The van der Waals surface area contributed by atoms with Crippen molar-refractivity contribution in [1.82, 2.24) is 0 Å². The van der Waals surface area contributed by atoms with Crippen LogP contribution >= 0.6 is 0 Å². The fraction of sp³-hybridized carbons (Fsp3) is 0.316. The Balaban J connectivity index is 1.89. The third-order valence-corrected chi connectivity index (χ3v) is 3.96. The Kier molecular flexibility index (Phi) is 5.13. The Bertz CT molecular complexity index is 703. The summed E-state index contributed by atoms with van der Waals surface area (Å²) in [4.78, 5) is 14.7. The zero-order valence-corrected chi connectivity index (χ0v) is 13.8. The van der Waals surface area contributed by atoms with Gasteiger partial charge in [0.15, 0.2) is 0 Å². The third kappa shape index (κ3) is 3.42. The van der Waals surface area contributed by atoms with Gasteiger partial charge >= 0.3 is 0 Å². The van der Waals surface area contributed by atoms with E-state index in [0.29, 0.717) is 32.1 Å². The number of nitrogens with two attached hydrogens (primary N) is 1. The molecule has 24 heavy (non-hydrogen) atoms. The number of aryl methyl sites for hydroxylation is 1. The Morgan fingerprint density at radius 2 is 1.96 bits per heavy atom.